The summed E-state index contributed by atoms with van der Waals surface area (Å²) in [6.45, 7) is 2.77. The number of halogens is 2. The van der Waals surface area contributed by atoms with Gasteiger partial charge in [0.2, 0.25) is 0 Å². The molecule has 9 heteroatoms. The van der Waals surface area contributed by atoms with Gasteiger partial charge in [0.1, 0.15) is 11.6 Å². The third kappa shape index (κ3) is 5.41. The van der Waals surface area contributed by atoms with Gasteiger partial charge in [0, 0.05) is 18.2 Å². The summed E-state index contributed by atoms with van der Waals surface area (Å²) in [6, 6.07) is 13.7. The standard InChI is InChI=1S/C21H25N5O2.2ClH/c1-28-19-9-12-23-18(13-19)15-26-21(27)25(14-16-5-3-2-4-6-16)20(24-26)17-7-10-22-11-8-17;;/h2-6,9,12-13,17,22H,7-8,10-11,14-15H2,1H3;2*1H. The second-order valence-electron chi connectivity index (χ2n) is 7.08. The molecule has 3 aromatic rings. The SMILES string of the molecule is COc1ccnc(Cn2nc(C3CCNCC3)n(Cc3ccccc3)c2=O)c1.Cl.Cl. The Labute approximate surface area is 188 Å². The highest BCUT2D eigenvalue weighted by molar-refractivity contribution is 5.85. The van der Waals surface area contributed by atoms with Crippen molar-refractivity contribution in [2.75, 3.05) is 20.2 Å². The van der Waals surface area contributed by atoms with E-state index in [1.807, 2.05) is 41.0 Å². The van der Waals surface area contributed by atoms with Crippen LogP contribution in [-0.4, -0.2) is 39.5 Å². The first kappa shape index (κ1) is 23.9. The van der Waals surface area contributed by atoms with Gasteiger partial charge in [-0.25, -0.2) is 9.48 Å². The molecule has 1 saturated heterocycles. The van der Waals surface area contributed by atoms with Gasteiger partial charge in [-0.15, -0.1) is 24.8 Å². The highest BCUT2D eigenvalue weighted by Gasteiger charge is 2.24. The lowest BCUT2D eigenvalue weighted by Crippen LogP contribution is -2.30. The number of pyridine rings is 1. The van der Waals surface area contributed by atoms with E-state index in [2.05, 4.69) is 10.3 Å². The number of methoxy groups -OCH3 is 1. The summed E-state index contributed by atoms with van der Waals surface area (Å²) >= 11 is 0. The molecule has 1 aliphatic heterocycles. The number of aromatic nitrogens is 4. The van der Waals surface area contributed by atoms with E-state index in [0.717, 1.165) is 48.8 Å². The smallest absolute Gasteiger partial charge is 0.346 e. The summed E-state index contributed by atoms with van der Waals surface area (Å²) in [5.41, 5.74) is 1.75. The van der Waals surface area contributed by atoms with Crippen LogP contribution in [0.1, 0.15) is 35.8 Å². The Morgan fingerprint density at radius 2 is 1.83 bits per heavy atom. The Morgan fingerprint density at radius 1 is 1.10 bits per heavy atom. The maximum atomic E-state index is 13.2. The first-order valence-electron chi connectivity index (χ1n) is 9.65. The summed E-state index contributed by atoms with van der Waals surface area (Å²) < 4.78 is 8.62. The molecule has 30 heavy (non-hydrogen) atoms. The first-order valence-corrected chi connectivity index (χ1v) is 9.65. The van der Waals surface area contributed by atoms with Crippen LogP contribution in [0.5, 0.6) is 5.75 Å². The van der Waals surface area contributed by atoms with E-state index >= 15 is 0 Å². The molecule has 1 N–H and O–H groups in total. The Bertz CT molecular complexity index is 985. The molecule has 4 rings (SSSR count). The van der Waals surface area contributed by atoms with Crippen molar-refractivity contribution in [1.82, 2.24) is 24.6 Å². The minimum Gasteiger partial charge on any atom is -0.497 e. The average Bonchev–Trinajstić information content (AvgIpc) is 3.05. The van der Waals surface area contributed by atoms with Crippen molar-refractivity contribution in [3.05, 3.63) is 76.2 Å². The lowest BCUT2D eigenvalue weighted by Gasteiger charge is -2.22. The lowest BCUT2D eigenvalue weighted by molar-refractivity contribution is 0.413. The van der Waals surface area contributed by atoms with E-state index in [9.17, 15) is 4.79 Å². The number of nitrogens with zero attached hydrogens (tertiary/aromatic N) is 4. The number of hydrogen-bond acceptors (Lipinski definition) is 5. The minimum absolute atomic E-state index is 0. The van der Waals surface area contributed by atoms with Gasteiger partial charge in [-0.2, -0.15) is 5.10 Å². The van der Waals surface area contributed by atoms with Crippen molar-refractivity contribution in [2.45, 2.75) is 31.8 Å². The maximum Gasteiger partial charge on any atom is 0.346 e. The van der Waals surface area contributed by atoms with Crippen molar-refractivity contribution in [1.29, 1.82) is 0 Å². The Hall–Kier alpha value is -2.35. The normalized spacial score (nSPS) is 13.9. The van der Waals surface area contributed by atoms with Crippen molar-refractivity contribution in [2.24, 2.45) is 0 Å². The highest BCUT2D eigenvalue weighted by Crippen LogP contribution is 2.23. The van der Waals surface area contributed by atoms with E-state index < -0.39 is 0 Å². The summed E-state index contributed by atoms with van der Waals surface area (Å²) in [5, 5.41) is 8.12. The summed E-state index contributed by atoms with van der Waals surface area (Å²) in [4.78, 5) is 17.5. The molecule has 7 nitrogen and oxygen atoms in total. The fraction of sp³-hybridized carbons (Fsp3) is 0.381. The second kappa shape index (κ2) is 11.2. The first-order chi connectivity index (χ1) is 13.7. The maximum absolute atomic E-state index is 13.2. The average molecular weight is 452 g/mol. The monoisotopic (exact) mass is 451 g/mol. The topological polar surface area (TPSA) is 74.0 Å². The van der Waals surface area contributed by atoms with Gasteiger partial charge in [-0.3, -0.25) is 9.55 Å². The van der Waals surface area contributed by atoms with Gasteiger partial charge >= 0.3 is 5.69 Å². The third-order valence-corrected chi connectivity index (χ3v) is 5.17. The molecule has 0 aliphatic carbocycles. The number of hydrogen-bond donors (Lipinski definition) is 1. The summed E-state index contributed by atoms with van der Waals surface area (Å²) in [7, 11) is 1.62. The molecule has 0 atom stereocenters. The van der Waals surface area contributed by atoms with Crippen LogP contribution in [0.3, 0.4) is 0 Å². The molecule has 1 fully saturated rings. The van der Waals surface area contributed by atoms with Crippen LogP contribution in [0.4, 0.5) is 0 Å². The van der Waals surface area contributed by atoms with Crippen LogP contribution in [0.2, 0.25) is 0 Å². The summed E-state index contributed by atoms with van der Waals surface area (Å²) in [6.07, 6.45) is 3.67. The molecular weight excluding hydrogens is 425 g/mol. The largest absolute Gasteiger partial charge is 0.497 e. The van der Waals surface area contributed by atoms with Gasteiger partial charge < -0.3 is 10.1 Å². The molecule has 0 spiro atoms. The minimum atomic E-state index is -0.0954. The molecule has 162 valence electrons. The summed E-state index contributed by atoms with van der Waals surface area (Å²) in [5.74, 6) is 1.88. The van der Waals surface area contributed by atoms with E-state index in [0.29, 0.717) is 13.1 Å². The van der Waals surface area contributed by atoms with Crippen LogP contribution in [0, 0.1) is 0 Å². The van der Waals surface area contributed by atoms with E-state index in [1.54, 1.807) is 19.4 Å². The van der Waals surface area contributed by atoms with Gasteiger partial charge in [0.25, 0.3) is 0 Å². The zero-order valence-electron chi connectivity index (χ0n) is 16.9. The van der Waals surface area contributed by atoms with Crippen LogP contribution >= 0.6 is 24.8 Å². The third-order valence-electron chi connectivity index (χ3n) is 5.17. The van der Waals surface area contributed by atoms with Crippen LogP contribution in [0.15, 0.2) is 53.5 Å². The van der Waals surface area contributed by atoms with E-state index in [1.165, 1.54) is 4.68 Å². The van der Waals surface area contributed by atoms with E-state index in [-0.39, 0.29) is 36.4 Å². The molecular formula is C21H27Cl2N5O2. The zero-order chi connectivity index (χ0) is 19.3. The number of nitrogens with one attached hydrogen (secondary N) is 1. The molecule has 1 aliphatic rings. The zero-order valence-corrected chi connectivity index (χ0v) is 18.5. The van der Waals surface area contributed by atoms with Gasteiger partial charge in [0.15, 0.2) is 0 Å². The van der Waals surface area contributed by atoms with Gasteiger partial charge in [-0.05, 0) is 37.6 Å². The van der Waals surface area contributed by atoms with Crippen molar-refractivity contribution in [3.8, 4) is 5.75 Å². The fourth-order valence-electron chi connectivity index (χ4n) is 3.68. The number of ether oxygens (including phenoxy) is 1. The molecule has 0 radical (unpaired) electrons. The van der Waals surface area contributed by atoms with E-state index in [4.69, 9.17) is 9.84 Å². The molecule has 0 saturated carbocycles. The lowest BCUT2D eigenvalue weighted by atomic mass is 9.97. The molecule has 0 bridgehead atoms. The number of benzene rings is 1. The molecule has 0 unspecified atom stereocenters. The van der Waals surface area contributed by atoms with Crippen molar-refractivity contribution >= 4 is 24.8 Å². The highest BCUT2D eigenvalue weighted by atomic mass is 35.5. The molecule has 3 heterocycles. The Morgan fingerprint density at radius 3 is 2.53 bits per heavy atom. The van der Waals surface area contributed by atoms with Gasteiger partial charge in [-0.1, -0.05) is 30.3 Å². The quantitative estimate of drug-likeness (QED) is 0.623. The molecule has 0 amide bonds. The van der Waals surface area contributed by atoms with Gasteiger partial charge in [0.05, 0.1) is 25.9 Å². The number of rotatable bonds is 6. The molecule has 1 aromatic carbocycles. The predicted molar refractivity (Wildman–Crippen MR) is 121 cm³/mol. The fourth-order valence-corrected chi connectivity index (χ4v) is 3.68. The molecule has 2 aromatic heterocycles. The number of piperidine rings is 1. The van der Waals surface area contributed by atoms with Crippen LogP contribution < -0.4 is 15.7 Å². The Kier molecular flexibility index (Phi) is 8.89. The van der Waals surface area contributed by atoms with Crippen LogP contribution in [0.25, 0.3) is 0 Å². The predicted octanol–water partition coefficient (Wildman–Crippen LogP) is 2.86. The van der Waals surface area contributed by atoms with Crippen LogP contribution in [-0.2, 0) is 13.1 Å². The second-order valence-corrected chi connectivity index (χ2v) is 7.08. The van der Waals surface area contributed by atoms with Crippen molar-refractivity contribution in [3.63, 3.8) is 0 Å². The van der Waals surface area contributed by atoms with Crippen molar-refractivity contribution < 1.29 is 4.74 Å². The Balaban J connectivity index is 0.00000160.